The zero-order chi connectivity index (χ0) is 24.8. The average Bonchev–Trinajstić information content (AvgIpc) is 2.90. The second kappa shape index (κ2) is 9.34. The molecule has 4 atom stereocenters. The van der Waals surface area contributed by atoms with E-state index in [-0.39, 0.29) is 11.8 Å². The van der Waals surface area contributed by atoms with Gasteiger partial charge < -0.3 is 9.47 Å². The molecule has 6 heteroatoms. The highest BCUT2D eigenvalue weighted by atomic mass is 79.9. The molecule has 36 heavy (non-hydrogen) atoms. The largest absolute Gasteiger partial charge is 0.454 e. The molecular weight excluding hydrogens is 584 g/mol. The van der Waals surface area contributed by atoms with E-state index in [1.807, 2.05) is 24.3 Å². The van der Waals surface area contributed by atoms with Gasteiger partial charge in [0.25, 0.3) is 0 Å². The highest BCUT2D eigenvalue weighted by Crippen LogP contribution is 2.55. The molecule has 0 N–H and O–H groups in total. The molecule has 0 aliphatic heterocycles. The lowest BCUT2D eigenvalue weighted by atomic mass is 9.61. The fraction of sp³-hybridized carbons (Fsp3) is 0.133. The number of benzene rings is 4. The van der Waals surface area contributed by atoms with Gasteiger partial charge in [-0.25, -0.2) is 9.59 Å². The van der Waals surface area contributed by atoms with E-state index < -0.39 is 24.1 Å². The molecule has 0 saturated heterocycles. The van der Waals surface area contributed by atoms with E-state index >= 15 is 0 Å². The van der Waals surface area contributed by atoms with Gasteiger partial charge >= 0.3 is 11.9 Å². The van der Waals surface area contributed by atoms with Crippen molar-refractivity contribution in [2.24, 2.45) is 0 Å². The van der Waals surface area contributed by atoms with Crippen molar-refractivity contribution in [3.63, 3.8) is 0 Å². The zero-order valence-corrected chi connectivity index (χ0v) is 22.1. The third-order valence-electron chi connectivity index (χ3n) is 6.92. The Morgan fingerprint density at radius 2 is 0.917 bits per heavy atom. The van der Waals surface area contributed by atoms with E-state index in [1.165, 1.54) is 0 Å². The highest BCUT2D eigenvalue weighted by Gasteiger charge is 2.54. The van der Waals surface area contributed by atoms with Crippen LogP contribution in [0.3, 0.4) is 0 Å². The molecule has 0 spiro atoms. The van der Waals surface area contributed by atoms with Gasteiger partial charge in [0.2, 0.25) is 0 Å². The third kappa shape index (κ3) is 3.98. The van der Waals surface area contributed by atoms with Gasteiger partial charge in [-0.1, -0.05) is 80.4 Å². The molecule has 4 nitrogen and oxygen atoms in total. The third-order valence-corrected chi connectivity index (χ3v) is 7.91. The van der Waals surface area contributed by atoms with Crippen LogP contribution in [-0.4, -0.2) is 24.1 Å². The summed E-state index contributed by atoms with van der Waals surface area (Å²) in [7, 11) is 0. The Hall–Kier alpha value is -3.22. The quantitative estimate of drug-likeness (QED) is 0.231. The van der Waals surface area contributed by atoms with E-state index in [4.69, 9.17) is 9.47 Å². The van der Waals surface area contributed by atoms with Crippen molar-refractivity contribution in [1.82, 2.24) is 0 Å². The first kappa shape index (κ1) is 23.2. The van der Waals surface area contributed by atoms with Crippen LogP contribution in [0.15, 0.2) is 106 Å². The van der Waals surface area contributed by atoms with Crippen molar-refractivity contribution < 1.29 is 19.1 Å². The molecule has 2 unspecified atom stereocenters. The molecule has 0 amide bonds. The topological polar surface area (TPSA) is 52.6 Å². The Bertz CT molecular complexity index is 1360. The lowest BCUT2D eigenvalue weighted by Crippen LogP contribution is -2.51. The average molecular weight is 604 g/mol. The second-order valence-electron chi connectivity index (χ2n) is 8.97. The van der Waals surface area contributed by atoms with Gasteiger partial charge in [-0.2, -0.15) is 0 Å². The van der Waals surface area contributed by atoms with Crippen LogP contribution in [0.5, 0.6) is 0 Å². The van der Waals surface area contributed by atoms with Crippen molar-refractivity contribution in [3.05, 3.63) is 139 Å². The summed E-state index contributed by atoms with van der Waals surface area (Å²) in [5, 5.41) is 0. The van der Waals surface area contributed by atoms with Crippen LogP contribution in [0.2, 0.25) is 0 Å². The summed E-state index contributed by atoms with van der Waals surface area (Å²) >= 11 is 7.21. The number of esters is 2. The fourth-order valence-electron chi connectivity index (χ4n) is 5.42. The monoisotopic (exact) mass is 602 g/mol. The molecule has 0 heterocycles. The lowest BCUT2D eigenvalue weighted by molar-refractivity contribution is -0.0557. The van der Waals surface area contributed by atoms with Gasteiger partial charge in [-0.15, -0.1) is 0 Å². The van der Waals surface area contributed by atoms with Crippen LogP contribution < -0.4 is 0 Å². The molecule has 0 fully saturated rings. The second-order valence-corrected chi connectivity index (χ2v) is 10.8. The van der Waals surface area contributed by atoms with Crippen LogP contribution in [-0.2, 0) is 9.47 Å². The summed E-state index contributed by atoms with van der Waals surface area (Å²) in [6, 6.07) is 30.1. The van der Waals surface area contributed by atoms with E-state index in [9.17, 15) is 9.59 Å². The number of fused-ring (bicyclic) bond motifs is 1. The maximum absolute atomic E-state index is 13.3. The summed E-state index contributed by atoms with van der Waals surface area (Å²) in [6.45, 7) is 0. The van der Waals surface area contributed by atoms with Gasteiger partial charge in [0, 0.05) is 8.95 Å². The number of ether oxygens (including phenoxy) is 2. The molecule has 178 valence electrons. The molecule has 0 saturated carbocycles. The minimum atomic E-state index is -0.689. The molecule has 4 aromatic carbocycles. The minimum Gasteiger partial charge on any atom is -0.454 e. The number of hydrogen-bond donors (Lipinski definition) is 0. The van der Waals surface area contributed by atoms with Crippen molar-refractivity contribution in [2.45, 2.75) is 24.0 Å². The Labute approximate surface area is 225 Å². The smallest absolute Gasteiger partial charge is 0.338 e. The molecular formula is C30H20Br2O4. The number of hydrogen-bond acceptors (Lipinski definition) is 4. The first-order valence-electron chi connectivity index (χ1n) is 11.6. The maximum atomic E-state index is 13.3. The standard InChI is InChI=1S/C30H20Br2O4/c31-19-12-14-22-23(15-19)25-21-13-11-20(32)16-24(21)26(22)28(36-30(34)18-9-5-2-6-10-18)27(25)35-29(33)17-7-3-1-4-8-17/h1-16,25-28H/t25-,26+,27?,28?. The lowest BCUT2D eigenvalue weighted by Gasteiger charge is -2.49. The van der Waals surface area contributed by atoms with E-state index in [2.05, 4.69) is 56.1 Å². The predicted octanol–water partition coefficient (Wildman–Crippen LogP) is 7.25. The summed E-state index contributed by atoms with van der Waals surface area (Å²) in [5.74, 6) is -1.45. The predicted molar refractivity (Wildman–Crippen MR) is 143 cm³/mol. The van der Waals surface area contributed by atoms with Crippen molar-refractivity contribution >= 4 is 43.8 Å². The Morgan fingerprint density at radius 3 is 1.31 bits per heavy atom. The number of halogens is 2. The Kier molecular flexibility index (Phi) is 6.02. The van der Waals surface area contributed by atoms with Gasteiger partial charge in [0.1, 0.15) is 0 Å². The van der Waals surface area contributed by atoms with E-state index in [1.54, 1.807) is 48.5 Å². The van der Waals surface area contributed by atoms with Crippen molar-refractivity contribution in [1.29, 1.82) is 0 Å². The SMILES string of the molecule is O=C(OC1C(OC(=O)c2ccccc2)[C@H]2c3ccc(Br)cc3[C@H]1c1ccc(Br)cc12)c1ccccc1. The van der Waals surface area contributed by atoms with Crippen LogP contribution in [0, 0.1) is 0 Å². The first-order valence-corrected chi connectivity index (χ1v) is 13.2. The van der Waals surface area contributed by atoms with Crippen LogP contribution >= 0.6 is 31.9 Å². The molecule has 7 rings (SSSR count). The van der Waals surface area contributed by atoms with Crippen LogP contribution in [0.1, 0.15) is 54.8 Å². The van der Waals surface area contributed by atoms with E-state index in [0.717, 1.165) is 31.2 Å². The molecule has 3 aliphatic rings. The molecule has 0 radical (unpaired) electrons. The zero-order valence-electron chi connectivity index (χ0n) is 18.9. The van der Waals surface area contributed by atoms with Gasteiger partial charge in [-0.3, -0.25) is 0 Å². The summed E-state index contributed by atoms with van der Waals surface area (Å²) in [5.41, 5.74) is 5.21. The summed E-state index contributed by atoms with van der Waals surface area (Å²) < 4.78 is 14.3. The minimum absolute atomic E-state index is 0.285. The summed E-state index contributed by atoms with van der Waals surface area (Å²) in [6.07, 6.45) is -1.38. The van der Waals surface area contributed by atoms with Gasteiger partial charge in [0.05, 0.1) is 23.0 Å². The fourth-order valence-corrected chi connectivity index (χ4v) is 6.18. The summed E-state index contributed by atoms with van der Waals surface area (Å²) in [4.78, 5) is 26.5. The molecule has 4 aromatic rings. The normalized spacial score (nSPS) is 21.3. The van der Waals surface area contributed by atoms with Crippen LogP contribution in [0.25, 0.3) is 0 Å². The molecule has 3 aliphatic carbocycles. The molecule has 0 aromatic heterocycles. The first-order chi connectivity index (χ1) is 17.5. The maximum Gasteiger partial charge on any atom is 0.338 e. The van der Waals surface area contributed by atoms with Crippen LogP contribution in [0.4, 0.5) is 0 Å². The number of carbonyl (C=O) groups excluding carboxylic acids is 2. The highest BCUT2D eigenvalue weighted by molar-refractivity contribution is 9.10. The van der Waals surface area contributed by atoms with Crippen molar-refractivity contribution in [2.75, 3.05) is 0 Å². The van der Waals surface area contributed by atoms with Gasteiger partial charge in [0.15, 0.2) is 12.2 Å². The van der Waals surface area contributed by atoms with Gasteiger partial charge in [-0.05, 0) is 70.8 Å². The number of carbonyl (C=O) groups is 2. The molecule has 2 bridgehead atoms. The Balaban J connectivity index is 1.49. The Morgan fingerprint density at radius 1 is 0.528 bits per heavy atom. The van der Waals surface area contributed by atoms with E-state index in [0.29, 0.717) is 11.1 Å². The van der Waals surface area contributed by atoms with Crippen molar-refractivity contribution in [3.8, 4) is 0 Å². The number of rotatable bonds is 4.